The average molecular weight is 652 g/mol. The van der Waals surface area contributed by atoms with Crippen molar-refractivity contribution in [1.82, 2.24) is 19.8 Å². The summed E-state index contributed by atoms with van der Waals surface area (Å²) in [7, 11) is 0. The third-order valence-electron chi connectivity index (χ3n) is 9.22. The Morgan fingerprint density at radius 1 is 1.04 bits per heavy atom. The first-order valence-electron chi connectivity index (χ1n) is 15.6. The summed E-state index contributed by atoms with van der Waals surface area (Å²) >= 11 is 5.88. The van der Waals surface area contributed by atoms with Gasteiger partial charge in [0.2, 0.25) is 11.9 Å². The van der Waals surface area contributed by atoms with Crippen molar-refractivity contribution in [1.29, 1.82) is 0 Å². The van der Waals surface area contributed by atoms with Crippen LogP contribution in [0.3, 0.4) is 0 Å². The highest BCUT2D eigenvalue weighted by Crippen LogP contribution is 2.33. The minimum absolute atomic E-state index is 0.0422. The number of benzene rings is 1. The predicted molar refractivity (Wildman–Crippen MR) is 163 cm³/mol. The molecule has 4 heterocycles. The Labute approximate surface area is 267 Å². The van der Waals surface area contributed by atoms with Gasteiger partial charge in [0.1, 0.15) is 29.9 Å². The number of amides is 1. The zero-order valence-electron chi connectivity index (χ0n) is 25.2. The minimum atomic E-state index is -1.68. The van der Waals surface area contributed by atoms with Crippen molar-refractivity contribution in [3.63, 3.8) is 0 Å². The van der Waals surface area contributed by atoms with E-state index in [1.165, 1.54) is 6.07 Å². The molecule has 3 saturated heterocycles. The average Bonchev–Trinajstić information content (AvgIpc) is 3.03. The van der Waals surface area contributed by atoms with Crippen molar-refractivity contribution >= 4 is 23.5 Å². The summed E-state index contributed by atoms with van der Waals surface area (Å²) in [6, 6.07) is 4.46. The van der Waals surface area contributed by atoms with Crippen LogP contribution in [0.1, 0.15) is 37.7 Å². The van der Waals surface area contributed by atoms with Gasteiger partial charge in [-0.15, -0.1) is 0 Å². The molecule has 5 N–H and O–H groups in total. The number of halogens is 2. The maximum absolute atomic E-state index is 14.9. The number of anilines is 1. The van der Waals surface area contributed by atoms with Gasteiger partial charge in [0, 0.05) is 50.9 Å². The molecule has 0 aliphatic carbocycles. The second kappa shape index (κ2) is 15.3. The van der Waals surface area contributed by atoms with Crippen LogP contribution in [0.25, 0.3) is 0 Å². The van der Waals surface area contributed by atoms with Crippen molar-refractivity contribution in [3.8, 4) is 5.75 Å². The fraction of sp³-hybridized carbons (Fsp3) is 0.645. The number of nitrogens with zero attached hydrogens (tertiary/aromatic N) is 5. The molecule has 6 atom stereocenters. The van der Waals surface area contributed by atoms with Crippen LogP contribution in [-0.2, 0) is 11.2 Å². The molecule has 12 nitrogen and oxygen atoms in total. The van der Waals surface area contributed by atoms with E-state index in [2.05, 4.69) is 14.9 Å². The van der Waals surface area contributed by atoms with Crippen LogP contribution in [-0.4, -0.2) is 134 Å². The van der Waals surface area contributed by atoms with Crippen LogP contribution in [0.5, 0.6) is 5.75 Å². The number of carbonyl (C=O) groups is 1. The van der Waals surface area contributed by atoms with Crippen molar-refractivity contribution in [3.05, 3.63) is 47.0 Å². The lowest BCUT2D eigenvalue weighted by Crippen LogP contribution is -2.71. The largest absolute Gasteiger partial charge is 0.493 e. The number of aliphatic hydroxyl groups excluding tert-OH is 5. The van der Waals surface area contributed by atoms with Gasteiger partial charge in [-0.25, -0.2) is 14.4 Å². The molecule has 0 spiro atoms. The Bertz CT molecular complexity index is 1260. The highest BCUT2D eigenvalue weighted by Gasteiger charge is 2.47. The zero-order valence-corrected chi connectivity index (χ0v) is 25.9. The molecule has 14 heteroatoms. The standard InChI is InChI=1S/C31H43ClFN5O7/c32-21-13-34-31(35-14-21)37-7-5-19(6-8-37)2-1-9-45-24-4-3-20(25(33)12-24)10-28(42)38-22-11-23(38)16-36(15-22)17-26(40)29(43)30(44)27(41)18-39/h3-4,12-14,19,22-23,26-27,29-30,39-41,43-44H,1-2,5-11,15-18H2/t22?,23?,26-,27+,29+,30+/m0/s1. The summed E-state index contributed by atoms with van der Waals surface area (Å²) in [4.78, 5) is 27.5. The Balaban J connectivity index is 1.00. The summed E-state index contributed by atoms with van der Waals surface area (Å²) in [5.74, 6) is 1.08. The van der Waals surface area contributed by atoms with E-state index in [0.717, 1.165) is 45.2 Å². The summed E-state index contributed by atoms with van der Waals surface area (Å²) in [6.07, 6.45) is 1.73. The van der Waals surface area contributed by atoms with E-state index in [9.17, 15) is 29.6 Å². The van der Waals surface area contributed by atoms with Crippen LogP contribution in [0.4, 0.5) is 10.3 Å². The Hall–Kier alpha value is -2.65. The van der Waals surface area contributed by atoms with E-state index in [4.69, 9.17) is 21.4 Å². The lowest BCUT2D eigenvalue weighted by Gasteiger charge is -2.56. The van der Waals surface area contributed by atoms with Gasteiger partial charge in [-0.2, -0.15) is 0 Å². The molecule has 248 valence electrons. The maximum atomic E-state index is 14.9. The van der Waals surface area contributed by atoms with E-state index in [-0.39, 0.29) is 31.0 Å². The molecule has 3 aliphatic heterocycles. The number of piperidine rings is 2. The van der Waals surface area contributed by atoms with Crippen LogP contribution < -0.4 is 9.64 Å². The van der Waals surface area contributed by atoms with E-state index < -0.39 is 36.8 Å². The first kappa shape index (κ1) is 33.7. The van der Waals surface area contributed by atoms with Gasteiger partial charge in [-0.05, 0) is 49.7 Å². The molecule has 0 radical (unpaired) electrons. The summed E-state index contributed by atoms with van der Waals surface area (Å²) in [5.41, 5.74) is 0.306. The Kier molecular flexibility index (Phi) is 11.5. The Morgan fingerprint density at radius 2 is 1.71 bits per heavy atom. The first-order chi connectivity index (χ1) is 21.6. The SMILES string of the molecule is O=C(Cc1ccc(OCCCC2CCN(c3ncc(Cl)cn3)CC2)cc1F)N1C2CC1CN(C[C@H](O)[C@@H](O)[C@H](O)[C@H](O)CO)C2. The third-order valence-corrected chi connectivity index (χ3v) is 9.42. The van der Waals surface area contributed by atoms with E-state index in [0.29, 0.717) is 47.9 Å². The fourth-order valence-corrected chi connectivity index (χ4v) is 6.75. The quantitative estimate of drug-likeness (QED) is 0.182. The first-order valence-corrected chi connectivity index (χ1v) is 16.0. The van der Waals surface area contributed by atoms with Crippen molar-refractivity contribution < 1.29 is 39.5 Å². The van der Waals surface area contributed by atoms with Gasteiger partial charge in [-0.3, -0.25) is 9.69 Å². The molecule has 0 saturated carbocycles. The van der Waals surface area contributed by atoms with Crippen LogP contribution in [0, 0.1) is 11.7 Å². The monoisotopic (exact) mass is 651 g/mol. The second-order valence-electron chi connectivity index (χ2n) is 12.4. The van der Waals surface area contributed by atoms with Gasteiger partial charge in [0.15, 0.2) is 0 Å². The van der Waals surface area contributed by atoms with Crippen molar-refractivity contribution in [2.45, 2.75) is 75.0 Å². The summed E-state index contributed by atoms with van der Waals surface area (Å²) in [5, 5.41) is 49.2. The molecule has 2 unspecified atom stereocenters. The molecule has 2 aromatic rings. The number of aliphatic hydroxyl groups is 5. The highest BCUT2D eigenvalue weighted by molar-refractivity contribution is 6.30. The number of carbonyl (C=O) groups excluding carboxylic acids is 1. The number of piperazine rings is 1. The van der Waals surface area contributed by atoms with Gasteiger partial charge >= 0.3 is 0 Å². The van der Waals surface area contributed by atoms with Crippen LogP contribution in [0.15, 0.2) is 30.6 Å². The van der Waals surface area contributed by atoms with Gasteiger partial charge in [0.25, 0.3) is 0 Å². The van der Waals surface area contributed by atoms with Crippen molar-refractivity contribution in [2.75, 3.05) is 50.8 Å². The number of rotatable bonds is 14. The number of aromatic nitrogens is 2. The molecule has 1 amide bonds. The van der Waals surface area contributed by atoms with Crippen LogP contribution in [0.2, 0.25) is 5.02 Å². The number of β-amino-alcohol motifs (C(OH)–C–C–N with tert-alkyl or cyclic N) is 1. The molecule has 5 rings (SSSR count). The number of fused-ring (bicyclic) bond motifs is 2. The maximum Gasteiger partial charge on any atom is 0.227 e. The summed E-state index contributed by atoms with van der Waals surface area (Å²) < 4.78 is 20.7. The number of ether oxygens (including phenoxy) is 1. The fourth-order valence-electron chi connectivity index (χ4n) is 6.66. The zero-order chi connectivity index (χ0) is 32.1. The smallest absolute Gasteiger partial charge is 0.227 e. The third kappa shape index (κ3) is 8.39. The second-order valence-corrected chi connectivity index (χ2v) is 12.9. The number of hydrogen-bond donors (Lipinski definition) is 5. The molecule has 1 aromatic heterocycles. The highest BCUT2D eigenvalue weighted by atomic mass is 35.5. The van der Waals surface area contributed by atoms with E-state index in [1.807, 2.05) is 4.90 Å². The normalized spacial score (nSPS) is 23.3. The topological polar surface area (TPSA) is 163 Å². The van der Waals surface area contributed by atoms with Gasteiger partial charge in [0.05, 0.1) is 43.2 Å². The molecular formula is C31H43ClFN5O7. The summed E-state index contributed by atoms with van der Waals surface area (Å²) in [6.45, 7) is 2.51. The molecule has 3 aliphatic rings. The van der Waals surface area contributed by atoms with Gasteiger partial charge in [-0.1, -0.05) is 17.7 Å². The van der Waals surface area contributed by atoms with Crippen LogP contribution >= 0.6 is 11.6 Å². The minimum Gasteiger partial charge on any atom is -0.493 e. The lowest BCUT2D eigenvalue weighted by molar-refractivity contribution is -0.157. The molecular weight excluding hydrogens is 609 g/mol. The number of hydrogen-bond acceptors (Lipinski definition) is 11. The molecule has 2 bridgehead atoms. The molecule has 45 heavy (non-hydrogen) atoms. The van der Waals surface area contributed by atoms with Gasteiger partial charge < -0.3 is 40.1 Å². The lowest BCUT2D eigenvalue weighted by atomic mass is 9.86. The van der Waals surface area contributed by atoms with E-state index >= 15 is 0 Å². The predicted octanol–water partition coefficient (Wildman–Crippen LogP) is 0.608. The molecule has 1 aromatic carbocycles. The number of likely N-dealkylation sites (tertiary alicyclic amines) is 2. The van der Waals surface area contributed by atoms with E-state index in [1.54, 1.807) is 29.4 Å². The Morgan fingerprint density at radius 3 is 2.36 bits per heavy atom. The molecule has 3 fully saturated rings. The van der Waals surface area contributed by atoms with Crippen molar-refractivity contribution in [2.24, 2.45) is 5.92 Å².